The maximum Gasteiger partial charge on any atom is 0.0430 e. The van der Waals surface area contributed by atoms with Gasteiger partial charge >= 0.3 is 0 Å². The molecule has 0 spiro atoms. The molecule has 1 heteroatoms. The van der Waals surface area contributed by atoms with Crippen LogP contribution in [0.3, 0.4) is 0 Å². The monoisotopic (exact) mass is 444 g/mol. The summed E-state index contributed by atoms with van der Waals surface area (Å²) in [7, 11) is 0. The molecule has 1 aromatic heterocycles. The number of hydrogen-bond acceptors (Lipinski definition) is 1. The molecule has 0 nitrogen and oxygen atoms in total. The molecule has 1 aliphatic carbocycles. The Morgan fingerprint density at radius 1 is 0.606 bits per heavy atom. The second-order valence-electron chi connectivity index (χ2n) is 9.22. The quantitative estimate of drug-likeness (QED) is 0.259. The third-order valence-electron chi connectivity index (χ3n) is 7.75. The first-order valence-corrected chi connectivity index (χ1v) is 12.8. The van der Waals surface area contributed by atoms with Crippen LogP contribution in [-0.4, -0.2) is 0 Å². The Kier molecular flexibility index (Phi) is 4.78. The van der Waals surface area contributed by atoms with Gasteiger partial charge in [0.15, 0.2) is 0 Å². The van der Waals surface area contributed by atoms with Crippen molar-refractivity contribution >= 4 is 22.1 Å². The first kappa shape index (κ1) is 20.4. The van der Waals surface area contributed by atoms with Crippen LogP contribution in [0.1, 0.15) is 43.4 Å². The molecule has 6 rings (SSSR count). The molecule has 0 bridgehead atoms. The van der Waals surface area contributed by atoms with Crippen LogP contribution >= 0.6 is 11.3 Å². The summed E-state index contributed by atoms with van der Waals surface area (Å²) in [6, 6.07) is 33.9. The molecule has 1 heterocycles. The van der Waals surface area contributed by atoms with Gasteiger partial charge < -0.3 is 0 Å². The van der Waals surface area contributed by atoms with Crippen molar-refractivity contribution in [3.8, 4) is 32.0 Å². The molecular formula is C32H28S. The van der Waals surface area contributed by atoms with E-state index in [9.17, 15) is 0 Å². The third-order valence-corrected chi connectivity index (χ3v) is 9.05. The fraction of sp³-hybridized carbons (Fsp3) is 0.188. The minimum absolute atomic E-state index is 0.105. The van der Waals surface area contributed by atoms with Gasteiger partial charge in [-0.05, 0) is 64.8 Å². The summed E-state index contributed by atoms with van der Waals surface area (Å²) in [4.78, 5) is 2.75. The SMILES string of the molecule is CCC1(CC)c2ccccc2-c2ccc(-c3sc(-c4ccccc4C)c4ccccc34)cc21. The zero-order valence-corrected chi connectivity index (χ0v) is 20.3. The molecule has 0 unspecified atom stereocenters. The van der Waals surface area contributed by atoms with E-state index in [4.69, 9.17) is 0 Å². The Morgan fingerprint density at radius 3 is 1.94 bits per heavy atom. The average Bonchev–Trinajstić information content (AvgIpc) is 3.38. The molecule has 0 atom stereocenters. The molecule has 162 valence electrons. The Morgan fingerprint density at radius 2 is 1.21 bits per heavy atom. The van der Waals surface area contributed by atoms with E-state index in [-0.39, 0.29) is 5.41 Å². The Hall–Kier alpha value is -3.16. The van der Waals surface area contributed by atoms with Gasteiger partial charge in [0.2, 0.25) is 0 Å². The van der Waals surface area contributed by atoms with Gasteiger partial charge in [-0.15, -0.1) is 11.3 Å². The van der Waals surface area contributed by atoms with Crippen LogP contribution in [0.25, 0.3) is 42.8 Å². The van der Waals surface area contributed by atoms with Crippen molar-refractivity contribution < 1.29 is 0 Å². The topological polar surface area (TPSA) is 0 Å². The summed E-state index contributed by atoms with van der Waals surface area (Å²) in [5, 5.41) is 2.71. The summed E-state index contributed by atoms with van der Waals surface area (Å²) in [5.41, 5.74) is 9.95. The average molecular weight is 445 g/mol. The van der Waals surface area contributed by atoms with Crippen LogP contribution in [0.15, 0.2) is 91.0 Å². The fourth-order valence-electron chi connectivity index (χ4n) is 5.94. The number of thiophene rings is 1. The summed E-state index contributed by atoms with van der Waals surface area (Å²) >= 11 is 1.94. The van der Waals surface area contributed by atoms with E-state index in [2.05, 4.69) is 112 Å². The normalized spacial score (nSPS) is 13.8. The minimum atomic E-state index is 0.105. The van der Waals surface area contributed by atoms with Crippen LogP contribution < -0.4 is 0 Å². The van der Waals surface area contributed by atoms with Gasteiger partial charge in [0.1, 0.15) is 0 Å². The highest BCUT2D eigenvalue weighted by atomic mass is 32.1. The van der Waals surface area contributed by atoms with Gasteiger partial charge in [-0.25, -0.2) is 0 Å². The highest BCUT2D eigenvalue weighted by molar-refractivity contribution is 7.21. The first-order valence-electron chi connectivity index (χ1n) is 12.0. The van der Waals surface area contributed by atoms with E-state index >= 15 is 0 Å². The van der Waals surface area contributed by atoms with E-state index in [1.54, 1.807) is 0 Å². The van der Waals surface area contributed by atoms with Crippen LogP contribution in [-0.2, 0) is 5.41 Å². The van der Waals surface area contributed by atoms with Crippen molar-refractivity contribution in [2.45, 2.75) is 39.0 Å². The lowest BCUT2D eigenvalue weighted by molar-refractivity contribution is 0.490. The molecule has 0 N–H and O–H groups in total. The van der Waals surface area contributed by atoms with Crippen LogP contribution in [0.2, 0.25) is 0 Å². The molecular weight excluding hydrogens is 416 g/mol. The molecule has 0 amide bonds. The van der Waals surface area contributed by atoms with E-state index in [0.29, 0.717) is 0 Å². The van der Waals surface area contributed by atoms with Crippen LogP contribution in [0.5, 0.6) is 0 Å². The summed E-state index contributed by atoms with van der Waals surface area (Å²) < 4.78 is 0. The summed E-state index contributed by atoms with van der Waals surface area (Å²) in [6.07, 6.45) is 2.24. The van der Waals surface area contributed by atoms with Crippen LogP contribution in [0, 0.1) is 6.92 Å². The van der Waals surface area contributed by atoms with Crippen molar-refractivity contribution in [1.29, 1.82) is 0 Å². The molecule has 4 aromatic carbocycles. The van der Waals surface area contributed by atoms with Crippen LogP contribution in [0.4, 0.5) is 0 Å². The third kappa shape index (κ3) is 2.89. The van der Waals surface area contributed by atoms with Gasteiger partial charge in [-0.3, -0.25) is 0 Å². The lowest BCUT2D eigenvalue weighted by Crippen LogP contribution is -2.23. The maximum absolute atomic E-state index is 2.50. The van der Waals surface area contributed by atoms with Gasteiger partial charge in [-0.1, -0.05) is 98.8 Å². The molecule has 33 heavy (non-hydrogen) atoms. The predicted molar refractivity (Wildman–Crippen MR) is 144 cm³/mol. The maximum atomic E-state index is 2.50. The first-order chi connectivity index (χ1) is 16.2. The Labute approximate surface area is 200 Å². The van der Waals surface area contributed by atoms with E-state index in [0.717, 1.165) is 12.8 Å². The molecule has 0 saturated heterocycles. The molecule has 0 saturated carbocycles. The second-order valence-corrected chi connectivity index (χ2v) is 10.2. The molecule has 0 fully saturated rings. The van der Waals surface area contributed by atoms with Crippen molar-refractivity contribution in [3.05, 3.63) is 108 Å². The standard InChI is InChI=1S/C32H28S/c1-4-32(5-2)28-17-11-10-14-24(28)25-19-18-22(20-29(25)32)30-26-15-8-9-16-27(26)31(33-30)23-13-7-6-12-21(23)3/h6-20H,4-5H2,1-3H3. The Bertz CT molecular complexity index is 1500. The smallest absolute Gasteiger partial charge is 0.0430 e. The Balaban J connectivity index is 1.60. The largest absolute Gasteiger partial charge is 0.134 e. The number of aryl methyl sites for hydroxylation is 1. The fourth-order valence-corrected chi connectivity index (χ4v) is 7.31. The lowest BCUT2D eigenvalue weighted by Gasteiger charge is -2.29. The molecule has 0 aliphatic heterocycles. The summed E-state index contributed by atoms with van der Waals surface area (Å²) in [5.74, 6) is 0. The highest BCUT2D eigenvalue weighted by Crippen LogP contribution is 2.54. The second kappa shape index (κ2) is 7.71. The predicted octanol–water partition coefficient (Wildman–Crippen LogP) is 9.63. The molecule has 0 radical (unpaired) electrons. The summed E-state index contributed by atoms with van der Waals surface area (Å²) in [6.45, 7) is 6.91. The van der Waals surface area contributed by atoms with Crippen molar-refractivity contribution in [2.75, 3.05) is 0 Å². The number of rotatable bonds is 4. The highest BCUT2D eigenvalue weighted by Gasteiger charge is 2.40. The van der Waals surface area contributed by atoms with Gasteiger partial charge in [0, 0.05) is 25.9 Å². The zero-order chi connectivity index (χ0) is 22.6. The zero-order valence-electron chi connectivity index (χ0n) is 19.5. The van der Waals surface area contributed by atoms with E-state index < -0.39 is 0 Å². The lowest BCUT2D eigenvalue weighted by atomic mass is 9.73. The van der Waals surface area contributed by atoms with Crippen molar-refractivity contribution in [2.24, 2.45) is 0 Å². The van der Waals surface area contributed by atoms with Crippen molar-refractivity contribution in [1.82, 2.24) is 0 Å². The number of benzene rings is 4. The minimum Gasteiger partial charge on any atom is -0.134 e. The van der Waals surface area contributed by atoms with E-state index in [1.165, 1.54) is 59.5 Å². The van der Waals surface area contributed by atoms with Crippen molar-refractivity contribution in [3.63, 3.8) is 0 Å². The van der Waals surface area contributed by atoms with Gasteiger partial charge in [0.25, 0.3) is 0 Å². The van der Waals surface area contributed by atoms with E-state index in [1.807, 2.05) is 11.3 Å². The van der Waals surface area contributed by atoms with Gasteiger partial charge in [-0.2, -0.15) is 0 Å². The molecule has 5 aromatic rings. The van der Waals surface area contributed by atoms with Gasteiger partial charge in [0.05, 0.1) is 0 Å². The number of hydrogen-bond donors (Lipinski definition) is 0. The number of fused-ring (bicyclic) bond motifs is 4. The molecule has 1 aliphatic rings.